The summed E-state index contributed by atoms with van der Waals surface area (Å²) < 4.78 is 5.63. The first-order valence-corrected chi connectivity index (χ1v) is 8.71. The smallest absolute Gasteiger partial charge is 0.278 e. The number of nitrogens with zero attached hydrogens (tertiary/aromatic N) is 2. The molecule has 1 aliphatic rings. The standard InChI is InChI=1S/C19H16N2O2S/c22-18(21-11-9-14-3-1-2-4-16(14)13-21)15-5-7-17(8-6-15)23-19-20-10-12-24-19/h1-8,10,12H,9,11,13H2. The number of rotatable bonds is 3. The molecule has 0 saturated heterocycles. The molecule has 0 unspecified atom stereocenters. The van der Waals surface area contributed by atoms with E-state index >= 15 is 0 Å². The lowest BCUT2D eigenvalue weighted by Crippen LogP contribution is -2.35. The Kier molecular flexibility index (Phi) is 4.01. The summed E-state index contributed by atoms with van der Waals surface area (Å²) in [6, 6.07) is 15.6. The fourth-order valence-electron chi connectivity index (χ4n) is 2.88. The number of hydrogen-bond donors (Lipinski definition) is 0. The number of aromatic nitrogens is 1. The highest BCUT2D eigenvalue weighted by Crippen LogP contribution is 2.25. The first kappa shape index (κ1) is 14.9. The molecular weight excluding hydrogens is 320 g/mol. The SMILES string of the molecule is O=C(c1ccc(Oc2nccs2)cc1)N1CCc2ccccc2C1. The summed E-state index contributed by atoms with van der Waals surface area (Å²) in [6.45, 7) is 1.43. The molecule has 4 nitrogen and oxygen atoms in total. The summed E-state index contributed by atoms with van der Waals surface area (Å²) in [5.74, 6) is 0.746. The van der Waals surface area contributed by atoms with Gasteiger partial charge in [-0.2, -0.15) is 0 Å². The zero-order valence-electron chi connectivity index (χ0n) is 13.0. The third-order valence-electron chi connectivity index (χ3n) is 4.13. The zero-order chi connectivity index (χ0) is 16.4. The maximum Gasteiger partial charge on any atom is 0.278 e. The fourth-order valence-corrected chi connectivity index (χ4v) is 3.38. The fraction of sp³-hybridized carbons (Fsp3) is 0.158. The average Bonchev–Trinajstić information content (AvgIpc) is 3.14. The minimum absolute atomic E-state index is 0.0605. The van der Waals surface area contributed by atoms with Crippen molar-refractivity contribution >= 4 is 17.2 Å². The second-order valence-electron chi connectivity index (χ2n) is 5.67. The van der Waals surface area contributed by atoms with Crippen LogP contribution in [0.5, 0.6) is 10.9 Å². The number of hydrogen-bond acceptors (Lipinski definition) is 4. The number of amides is 1. The van der Waals surface area contributed by atoms with Gasteiger partial charge < -0.3 is 9.64 Å². The molecule has 0 N–H and O–H groups in total. The van der Waals surface area contributed by atoms with Crippen LogP contribution in [-0.4, -0.2) is 22.3 Å². The first-order chi connectivity index (χ1) is 11.8. The highest BCUT2D eigenvalue weighted by molar-refractivity contribution is 7.11. The molecule has 4 rings (SSSR count). The minimum atomic E-state index is 0.0605. The highest BCUT2D eigenvalue weighted by Gasteiger charge is 2.21. The Labute approximate surface area is 144 Å². The van der Waals surface area contributed by atoms with Gasteiger partial charge in [-0.05, 0) is 41.8 Å². The van der Waals surface area contributed by atoms with Gasteiger partial charge in [0.1, 0.15) is 5.75 Å². The predicted molar refractivity (Wildman–Crippen MR) is 93.5 cm³/mol. The number of benzene rings is 2. The van der Waals surface area contributed by atoms with E-state index in [1.54, 1.807) is 6.20 Å². The molecule has 120 valence electrons. The second-order valence-corrected chi connectivity index (χ2v) is 6.53. The van der Waals surface area contributed by atoms with Crippen LogP contribution in [-0.2, 0) is 13.0 Å². The number of carbonyl (C=O) groups excluding carboxylic acids is 1. The molecule has 2 aromatic carbocycles. The van der Waals surface area contributed by atoms with Crippen molar-refractivity contribution in [2.24, 2.45) is 0 Å². The van der Waals surface area contributed by atoms with E-state index in [0.717, 1.165) is 13.0 Å². The molecule has 0 aliphatic carbocycles. The second kappa shape index (κ2) is 6.45. The lowest BCUT2D eigenvalue weighted by molar-refractivity contribution is 0.0734. The Morgan fingerprint density at radius 3 is 2.62 bits per heavy atom. The molecule has 0 spiro atoms. The Hall–Kier alpha value is -2.66. The summed E-state index contributed by atoms with van der Waals surface area (Å²) >= 11 is 1.44. The van der Waals surface area contributed by atoms with Crippen LogP contribution in [0.4, 0.5) is 0 Å². The average molecular weight is 336 g/mol. The molecule has 1 aliphatic heterocycles. The van der Waals surface area contributed by atoms with Gasteiger partial charge in [0.05, 0.1) is 0 Å². The largest absolute Gasteiger partial charge is 0.431 e. The van der Waals surface area contributed by atoms with E-state index < -0.39 is 0 Å². The van der Waals surface area contributed by atoms with Crippen LogP contribution in [0.3, 0.4) is 0 Å². The minimum Gasteiger partial charge on any atom is -0.431 e. The van der Waals surface area contributed by atoms with E-state index in [0.29, 0.717) is 23.1 Å². The van der Waals surface area contributed by atoms with Gasteiger partial charge in [0, 0.05) is 30.2 Å². The third-order valence-corrected chi connectivity index (χ3v) is 4.78. The van der Waals surface area contributed by atoms with E-state index in [1.165, 1.54) is 22.5 Å². The van der Waals surface area contributed by atoms with Gasteiger partial charge in [0.25, 0.3) is 11.1 Å². The van der Waals surface area contributed by atoms with Crippen LogP contribution in [0.25, 0.3) is 0 Å². The van der Waals surface area contributed by atoms with Crippen molar-refractivity contribution in [2.75, 3.05) is 6.54 Å². The maximum atomic E-state index is 12.7. The van der Waals surface area contributed by atoms with Crippen molar-refractivity contribution in [1.82, 2.24) is 9.88 Å². The normalized spacial score (nSPS) is 13.4. The van der Waals surface area contributed by atoms with E-state index in [-0.39, 0.29) is 5.91 Å². The number of ether oxygens (including phenoxy) is 1. The Morgan fingerprint density at radius 1 is 1.08 bits per heavy atom. The van der Waals surface area contributed by atoms with Crippen molar-refractivity contribution in [3.8, 4) is 10.9 Å². The Balaban J connectivity index is 1.47. The van der Waals surface area contributed by atoms with E-state index in [1.807, 2.05) is 40.6 Å². The predicted octanol–water partition coefficient (Wildman–Crippen LogP) is 4.13. The Bertz CT molecular complexity index is 844. The first-order valence-electron chi connectivity index (χ1n) is 7.83. The summed E-state index contributed by atoms with van der Waals surface area (Å²) in [4.78, 5) is 18.7. The zero-order valence-corrected chi connectivity index (χ0v) is 13.8. The molecule has 1 amide bonds. The third kappa shape index (κ3) is 3.03. The van der Waals surface area contributed by atoms with Crippen molar-refractivity contribution in [3.63, 3.8) is 0 Å². The van der Waals surface area contributed by atoms with Gasteiger partial charge in [-0.15, -0.1) is 0 Å². The molecule has 0 saturated carbocycles. The van der Waals surface area contributed by atoms with E-state index in [2.05, 4.69) is 23.2 Å². The number of carbonyl (C=O) groups is 1. The molecule has 1 aromatic heterocycles. The van der Waals surface area contributed by atoms with Gasteiger partial charge >= 0.3 is 0 Å². The maximum absolute atomic E-state index is 12.7. The van der Waals surface area contributed by atoms with E-state index in [9.17, 15) is 4.79 Å². The Morgan fingerprint density at radius 2 is 1.88 bits per heavy atom. The van der Waals surface area contributed by atoms with E-state index in [4.69, 9.17) is 4.74 Å². The van der Waals surface area contributed by atoms with Crippen molar-refractivity contribution < 1.29 is 9.53 Å². The number of fused-ring (bicyclic) bond motifs is 1. The quantitative estimate of drug-likeness (QED) is 0.722. The molecule has 0 fully saturated rings. The van der Waals surface area contributed by atoms with Crippen LogP contribution in [0, 0.1) is 0 Å². The van der Waals surface area contributed by atoms with Crippen molar-refractivity contribution in [2.45, 2.75) is 13.0 Å². The molecule has 0 radical (unpaired) electrons. The lowest BCUT2D eigenvalue weighted by atomic mass is 9.99. The van der Waals surface area contributed by atoms with Crippen LogP contribution >= 0.6 is 11.3 Å². The summed E-state index contributed by atoms with van der Waals surface area (Å²) in [5, 5.41) is 2.46. The van der Waals surface area contributed by atoms with Crippen LogP contribution in [0.15, 0.2) is 60.1 Å². The van der Waals surface area contributed by atoms with Crippen LogP contribution < -0.4 is 4.74 Å². The molecule has 0 atom stereocenters. The molecule has 0 bridgehead atoms. The molecule has 3 aromatic rings. The van der Waals surface area contributed by atoms with Crippen LogP contribution in [0.2, 0.25) is 0 Å². The van der Waals surface area contributed by atoms with Crippen LogP contribution in [0.1, 0.15) is 21.5 Å². The highest BCUT2D eigenvalue weighted by atomic mass is 32.1. The van der Waals surface area contributed by atoms with Gasteiger partial charge in [0.15, 0.2) is 0 Å². The van der Waals surface area contributed by atoms with Gasteiger partial charge in [0.2, 0.25) is 0 Å². The molecule has 5 heteroatoms. The number of thiazole rings is 1. The van der Waals surface area contributed by atoms with Gasteiger partial charge in [-0.1, -0.05) is 35.6 Å². The molecule has 2 heterocycles. The van der Waals surface area contributed by atoms with Crippen molar-refractivity contribution in [3.05, 3.63) is 76.8 Å². The monoisotopic (exact) mass is 336 g/mol. The summed E-state index contributed by atoms with van der Waals surface area (Å²) in [6.07, 6.45) is 2.61. The summed E-state index contributed by atoms with van der Waals surface area (Å²) in [5.41, 5.74) is 3.26. The summed E-state index contributed by atoms with van der Waals surface area (Å²) in [7, 11) is 0. The molecule has 24 heavy (non-hydrogen) atoms. The molecular formula is C19H16N2O2S. The van der Waals surface area contributed by atoms with Gasteiger partial charge in [-0.3, -0.25) is 4.79 Å². The lowest BCUT2D eigenvalue weighted by Gasteiger charge is -2.29. The topological polar surface area (TPSA) is 42.4 Å². The van der Waals surface area contributed by atoms with Crippen molar-refractivity contribution in [1.29, 1.82) is 0 Å². The van der Waals surface area contributed by atoms with Gasteiger partial charge in [-0.25, -0.2) is 4.98 Å².